The van der Waals surface area contributed by atoms with E-state index in [4.69, 9.17) is 0 Å². The first-order valence-electron chi connectivity index (χ1n) is 8.92. The number of hydrogen-bond donors (Lipinski definition) is 1. The number of piperidine rings is 1. The van der Waals surface area contributed by atoms with Crippen LogP contribution in [0.25, 0.3) is 10.8 Å². The number of fused-ring (bicyclic) bond motifs is 1. The van der Waals surface area contributed by atoms with Crippen molar-refractivity contribution in [2.45, 2.75) is 19.3 Å². The smallest absolute Gasteiger partial charge is 0.256 e. The van der Waals surface area contributed by atoms with Gasteiger partial charge in [-0.2, -0.15) is 0 Å². The lowest BCUT2D eigenvalue weighted by Gasteiger charge is -2.27. The minimum absolute atomic E-state index is 0.147. The summed E-state index contributed by atoms with van der Waals surface area (Å²) < 4.78 is 0. The third-order valence-electron chi connectivity index (χ3n) is 4.77. The summed E-state index contributed by atoms with van der Waals surface area (Å²) in [6.45, 7) is 0.736. The van der Waals surface area contributed by atoms with Crippen LogP contribution in [0.3, 0.4) is 0 Å². The zero-order valence-electron chi connectivity index (χ0n) is 14.4. The van der Waals surface area contributed by atoms with Gasteiger partial charge in [-0.25, -0.2) is 0 Å². The van der Waals surface area contributed by atoms with Crippen molar-refractivity contribution in [3.63, 3.8) is 0 Å². The van der Waals surface area contributed by atoms with Gasteiger partial charge in [0, 0.05) is 29.9 Å². The molecule has 26 heavy (non-hydrogen) atoms. The number of anilines is 2. The van der Waals surface area contributed by atoms with E-state index in [1.165, 1.54) is 0 Å². The van der Waals surface area contributed by atoms with Crippen molar-refractivity contribution in [2.24, 2.45) is 0 Å². The number of amides is 2. The van der Waals surface area contributed by atoms with Crippen LogP contribution in [-0.4, -0.2) is 18.4 Å². The van der Waals surface area contributed by atoms with Gasteiger partial charge in [0.05, 0.1) is 0 Å². The van der Waals surface area contributed by atoms with E-state index in [9.17, 15) is 9.59 Å². The molecule has 3 aromatic rings. The molecule has 130 valence electrons. The van der Waals surface area contributed by atoms with Gasteiger partial charge in [0.1, 0.15) is 0 Å². The zero-order valence-corrected chi connectivity index (χ0v) is 14.4. The van der Waals surface area contributed by atoms with E-state index in [-0.39, 0.29) is 11.8 Å². The minimum Gasteiger partial charge on any atom is -0.322 e. The first-order valence-corrected chi connectivity index (χ1v) is 8.92. The van der Waals surface area contributed by atoms with Crippen molar-refractivity contribution in [1.29, 1.82) is 0 Å². The summed E-state index contributed by atoms with van der Waals surface area (Å²) in [6.07, 6.45) is 2.55. The quantitative estimate of drug-likeness (QED) is 0.754. The molecule has 1 fully saturated rings. The summed E-state index contributed by atoms with van der Waals surface area (Å²) in [5.41, 5.74) is 2.17. The van der Waals surface area contributed by atoms with Crippen molar-refractivity contribution >= 4 is 34.0 Å². The van der Waals surface area contributed by atoms with Crippen LogP contribution in [0.5, 0.6) is 0 Å². The fraction of sp³-hybridized carbons (Fsp3) is 0.182. The number of carbonyl (C=O) groups excluding carboxylic acids is 2. The lowest BCUT2D eigenvalue weighted by Crippen LogP contribution is -2.35. The summed E-state index contributed by atoms with van der Waals surface area (Å²) in [6, 6.07) is 21.1. The van der Waals surface area contributed by atoms with Gasteiger partial charge in [0.15, 0.2) is 0 Å². The molecule has 4 heteroatoms. The Morgan fingerprint density at radius 3 is 2.62 bits per heavy atom. The molecule has 3 aromatic carbocycles. The Bertz CT molecular complexity index is 975. The fourth-order valence-electron chi connectivity index (χ4n) is 3.45. The van der Waals surface area contributed by atoms with Crippen molar-refractivity contribution in [1.82, 2.24) is 0 Å². The van der Waals surface area contributed by atoms with Crippen LogP contribution in [-0.2, 0) is 4.79 Å². The monoisotopic (exact) mass is 344 g/mol. The van der Waals surface area contributed by atoms with Crippen LogP contribution in [0.4, 0.5) is 11.4 Å². The second-order valence-corrected chi connectivity index (χ2v) is 6.53. The van der Waals surface area contributed by atoms with Gasteiger partial charge in [-0.3, -0.25) is 9.59 Å². The van der Waals surface area contributed by atoms with Crippen molar-refractivity contribution < 1.29 is 9.59 Å². The predicted molar refractivity (Wildman–Crippen MR) is 105 cm³/mol. The first-order chi connectivity index (χ1) is 12.7. The molecule has 0 atom stereocenters. The van der Waals surface area contributed by atoms with Gasteiger partial charge in [-0.05, 0) is 47.9 Å². The Morgan fingerprint density at radius 1 is 0.923 bits per heavy atom. The van der Waals surface area contributed by atoms with Gasteiger partial charge in [0.2, 0.25) is 5.91 Å². The van der Waals surface area contributed by atoms with E-state index in [1.54, 1.807) is 4.90 Å². The molecule has 4 rings (SSSR count). The molecule has 0 radical (unpaired) electrons. The maximum atomic E-state index is 12.8. The first kappa shape index (κ1) is 16.3. The number of hydrogen-bond acceptors (Lipinski definition) is 2. The average molecular weight is 344 g/mol. The number of nitrogens with one attached hydrogen (secondary N) is 1. The van der Waals surface area contributed by atoms with E-state index in [2.05, 4.69) is 5.32 Å². The Hall–Kier alpha value is -3.14. The molecule has 1 heterocycles. The Labute approximate surface area is 152 Å². The standard InChI is InChI=1S/C22H20N2O2/c25-21-13-3-4-14-24(21)18-10-6-9-17(15-18)23-22(26)20-12-5-8-16-7-1-2-11-19(16)20/h1-2,5-12,15H,3-4,13-14H2,(H,23,26). The number of rotatable bonds is 3. The molecule has 1 aliphatic rings. The Kier molecular flexibility index (Phi) is 4.40. The van der Waals surface area contributed by atoms with Crippen molar-refractivity contribution in [3.05, 3.63) is 72.3 Å². The van der Waals surface area contributed by atoms with Gasteiger partial charge in [-0.1, -0.05) is 42.5 Å². The third kappa shape index (κ3) is 3.18. The lowest BCUT2D eigenvalue weighted by molar-refractivity contribution is -0.119. The number of benzene rings is 3. The molecule has 1 aliphatic heterocycles. The summed E-state index contributed by atoms with van der Waals surface area (Å²) in [4.78, 5) is 26.7. The molecule has 0 aromatic heterocycles. The molecule has 0 bridgehead atoms. The highest BCUT2D eigenvalue weighted by atomic mass is 16.2. The molecule has 2 amide bonds. The Balaban J connectivity index is 1.60. The van der Waals surface area contributed by atoms with E-state index in [0.717, 1.165) is 35.8 Å². The van der Waals surface area contributed by atoms with Gasteiger partial charge >= 0.3 is 0 Å². The maximum absolute atomic E-state index is 12.8. The molecular formula is C22H20N2O2. The second-order valence-electron chi connectivity index (χ2n) is 6.53. The molecule has 0 aliphatic carbocycles. The van der Waals surface area contributed by atoms with Crippen LogP contribution in [0.15, 0.2) is 66.7 Å². The van der Waals surface area contributed by atoms with Crippen LogP contribution < -0.4 is 10.2 Å². The van der Waals surface area contributed by atoms with Crippen LogP contribution in [0.1, 0.15) is 29.6 Å². The fourth-order valence-corrected chi connectivity index (χ4v) is 3.45. The molecule has 1 saturated heterocycles. The summed E-state index contributed by atoms with van der Waals surface area (Å²) in [5, 5.41) is 4.93. The predicted octanol–water partition coefficient (Wildman–Crippen LogP) is 4.61. The maximum Gasteiger partial charge on any atom is 0.256 e. The molecular weight excluding hydrogens is 324 g/mol. The summed E-state index contributed by atoms with van der Waals surface area (Å²) >= 11 is 0. The Morgan fingerprint density at radius 2 is 1.73 bits per heavy atom. The van der Waals surface area contributed by atoms with Crippen molar-refractivity contribution in [2.75, 3.05) is 16.8 Å². The zero-order chi connectivity index (χ0) is 17.9. The van der Waals surface area contributed by atoms with Gasteiger partial charge in [0.25, 0.3) is 5.91 Å². The topological polar surface area (TPSA) is 49.4 Å². The summed E-state index contributed by atoms with van der Waals surface area (Å²) in [5.74, 6) is -0.00213. The lowest BCUT2D eigenvalue weighted by atomic mass is 10.0. The van der Waals surface area contributed by atoms with Crippen LogP contribution >= 0.6 is 0 Å². The number of carbonyl (C=O) groups is 2. The van der Waals surface area contributed by atoms with E-state index < -0.39 is 0 Å². The molecule has 0 spiro atoms. The van der Waals surface area contributed by atoms with Crippen LogP contribution in [0.2, 0.25) is 0 Å². The highest BCUT2D eigenvalue weighted by Gasteiger charge is 2.20. The molecule has 1 N–H and O–H groups in total. The molecule has 0 saturated carbocycles. The van der Waals surface area contributed by atoms with E-state index >= 15 is 0 Å². The average Bonchev–Trinajstić information content (AvgIpc) is 2.68. The molecule has 0 unspecified atom stereocenters. The highest BCUT2D eigenvalue weighted by Crippen LogP contribution is 2.25. The summed E-state index contributed by atoms with van der Waals surface area (Å²) in [7, 11) is 0. The highest BCUT2D eigenvalue weighted by molar-refractivity contribution is 6.13. The normalized spacial score (nSPS) is 14.5. The largest absolute Gasteiger partial charge is 0.322 e. The van der Waals surface area contributed by atoms with Crippen LogP contribution in [0, 0.1) is 0 Å². The molecule has 4 nitrogen and oxygen atoms in total. The third-order valence-corrected chi connectivity index (χ3v) is 4.77. The van der Waals surface area contributed by atoms with E-state index in [1.807, 2.05) is 66.7 Å². The number of nitrogens with zero attached hydrogens (tertiary/aromatic N) is 1. The minimum atomic E-state index is -0.149. The van der Waals surface area contributed by atoms with E-state index in [0.29, 0.717) is 17.7 Å². The van der Waals surface area contributed by atoms with Gasteiger partial charge in [-0.15, -0.1) is 0 Å². The second kappa shape index (κ2) is 7.00. The van der Waals surface area contributed by atoms with Gasteiger partial charge < -0.3 is 10.2 Å². The SMILES string of the molecule is O=C(Nc1cccc(N2CCCCC2=O)c1)c1cccc2ccccc12. The van der Waals surface area contributed by atoms with Crippen molar-refractivity contribution in [3.8, 4) is 0 Å².